The van der Waals surface area contributed by atoms with Gasteiger partial charge >= 0.3 is 6.03 Å². The lowest BCUT2D eigenvalue weighted by Gasteiger charge is -2.50. The summed E-state index contributed by atoms with van der Waals surface area (Å²) in [5.41, 5.74) is 1.47. The first kappa shape index (κ1) is 14.7. The molecular weight excluding hydrogens is 308 g/mol. The third kappa shape index (κ3) is 2.01. The first-order valence-corrected chi connectivity index (χ1v) is 7.84. The minimum absolute atomic E-state index is 0.112. The van der Waals surface area contributed by atoms with E-state index in [1.165, 1.54) is 6.07 Å². The van der Waals surface area contributed by atoms with Gasteiger partial charge in [-0.2, -0.15) is 0 Å². The molecule has 24 heavy (non-hydrogen) atoms. The Bertz CT molecular complexity index is 927. The van der Waals surface area contributed by atoms with Gasteiger partial charge in [0.15, 0.2) is 0 Å². The van der Waals surface area contributed by atoms with E-state index in [2.05, 4.69) is 10.3 Å². The number of H-pyrrole nitrogens is 1. The fourth-order valence-electron chi connectivity index (χ4n) is 3.54. The third-order valence-electron chi connectivity index (χ3n) is 5.07. The number of carbonyl (C=O) groups is 2. The summed E-state index contributed by atoms with van der Waals surface area (Å²) < 4.78 is 0. The maximum atomic E-state index is 12.9. The molecule has 0 atom stereocenters. The van der Waals surface area contributed by atoms with E-state index >= 15 is 0 Å². The van der Waals surface area contributed by atoms with Gasteiger partial charge in [0.2, 0.25) is 5.56 Å². The van der Waals surface area contributed by atoms with Crippen molar-refractivity contribution in [1.29, 1.82) is 0 Å². The van der Waals surface area contributed by atoms with Gasteiger partial charge in [-0.1, -0.05) is 11.6 Å². The van der Waals surface area contributed by atoms with Crippen LogP contribution in [-0.2, 0) is 0 Å². The Morgan fingerprint density at radius 3 is 2.62 bits per heavy atom. The van der Waals surface area contributed by atoms with Crippen LogP contribution in [-0.4, -0.2) is 58.9 Å². The van der Waals surface area contributed by atoms with E-state index in [0.717, 1.165) is 10.9 Å². The predicted octanol–water partition coefficient (Wildman–Crippen LogP) is 0.686. The number of hydrogen-bond acceptors (Lipinski definition) is 3. The van der Waals surface area contributed by atoms with E-state index in [1.54, 1.807) is 16.8 Å². The lowest BCUT2D eigenvalue weighted by atomic mass is 9.88. The van der Waals surface area contributed by atoms with Crippen LogP contribution in [0.2, 0.25) is 0 Å². The number of hydrogen-bond donors (Lipinski definition) is 2. The number of carbonyl (C=O) groups excluding carboxylic acids is 2. The molecule has 7 nitrogen and oxygen atoms in total. The molecule has 2 aliphatic rings. The zero-order valence-electron chi connectivity index (χ0n) is 13.5. The second-order valence-corrected chi connectivity index (χ2v) is 6.70. The summed E-state index contributed by atoms with van der Waals surface area (Å²) >= 11 is 0. The van der Waals surface area contributed by atoms with Crippen molar-refractivity contribution in [2.45, 2.75) is 12.5 Å². The summed E-state index contributed by atoms with van der Waals surface area (Å²) in [6.45, 7) is 3.44. The first-order chi connectivity index (χ1) is 11.4. The van der Waals surface area contributed by atoms with E-state index < -0.39 is 0 Å². The van der Waals surface area contributed by atoms with Crippen LogP contribution in [0.25, 0.3) is 10.9 Å². The van der Waals surface area contributed by atoms with Crippen LogP contribution in [0.5, 0.6) is 0 Å². The highest BCUT2D eigenvalue weighted by atomic mass is 16.2. The number of nitrogens with zero attached hydrogens (tertiary/aromatic N) is 2. The van der Waals surface area contributed by atoms with Crippen LogP contribution in [0.4, 0.5) is 4.79 Å². The molecule has 0 saturated carbocycles. The predicted molar refractivity (Wildman–Crippen MR) is 89.1 cm³/mol. The van der Waals surface area contributed by atoms with Crippen LogP contribution in [0.15, 0.2) is 29.1 Å². The zero-order valence-corrected chi connectivity index (χ0v) is 13.5. The third-order valence-corrected chi connectivity index (χ3v) is 5.07. The van der Waals surface area contributed by atoms with Crippen molar-refractivity contribution in [1.82, 2.24) is 20.1 Å². The van der Waals surface area contributed by atoms with Crippen molar-refractivity contribution in [3.05, 3.63) is 45.7 Å². The largest absolute Gasteiger partial charge is 0.335 e. The summed E-state index contributed by atoms with van der Waals surface area (Å²) in [5, 5.41) is 3.55. The summed E-state index contributed by atoms with van der Waals surface area (Å²) in [6.07, 6.45) is 0. The summed E-state index contributed by atoms with van der Waals surface area (Å²) in [6, 6.07) is 6.86. The Kier molecular flexibility index (Phi) is 2.97. The topological polar surface area (TPSA) is 85.5 Å². The number of nitrogens with one attached hydrogen (secondary N) is 2. The van der Waals surface area contributed by atoms with Crippen LogP contribution in [0, 0.1) is 6.92 Å². The number of likely N-dealkylation sites (N-methyl/N-ethyl adjacent to an activating group) is 1. The summed E-state index contributed by atoms with van der Waals surface area (Å²) in [5.74, 6) is -0.171. The number of pyridine rings is 1. The van der Waals surface area contributed by atoms with E-state index in [4.69, 9.17) is 0 Å². The molecule has 4 rings (SSSR count). The standard InChI is InChI=1S/C17H18N4O3/c1-10-3-4-13-11(5-10)12(6-14(22)19-13)15(23)21-8-17(9-21)7-18-16(24)20(17)2/h3-6H,7-9H2,1-2H3,(H,18,24)(H,19,22). The number of urea groups is 1. The van der Waals surface area contributed by atoms with Gasteiger partial charge in [0.25, 0.3) is 5.91 Å². The summed E-state index contributed by atoms with van der Waals surface area (Å²) in [4.78, 5) is 42.5. The number of fused-ring (bicyclic) bond motifs is 1. The average Bonchev–Trinajstić information content (AvgIpc) is 2.81. The highest BCUT2D eigenvalue weighted by Crippen LogP contribution is 2.31. The molecular formula is C17H18N4O3. The molecule has 1 spiro atoms. The van der Waals surface area contributed by atoms with Crippen molar-refractivity contribution >= 4 is 22.8 Å². The van der Waals surface area contributed by atoms with Gasteiger partial charge in [-0.3, -0.25) is 9.59 Å². The number of amides is 3. The molecule has 0 radical (unpaired) electrons. The number of benzene rings is 1. The Morgan fingerprint density at radius 1 is 1.21 bits per heavy atom. The van der Waals surface area contributed by atoms with Gasteiger partial charge in [0, 0.05) is 43.7 Å². The van der Waals surface area contributed by atoms with E-state index in [0.29, 0.717) is 30.7 Å². The van der Waals surface area contributed by atoms with Crippen LogP contribution in [0.1, 0.15) is 15.9 Å². The van der Waals surface area contributed by atoms with Crippen molar-refractivity contribution in [2.24, 2.45) is 0 Å². The molecule has 7 heteroatoms. The van der Waals surface area contributed by atoms with Gasteiger partial charge in [-0.25, -0.2) is 4.79 Å². The van der Waals surface area contributed by atoms with Gasteiger partial charge in [-0.15, -0.1) is 0 Å². The molecule has 3 heterocycles. The van der Waals surface area contributed by atoms with Crippen molar-refractivity contribution in [3.8, 4) is 0 Å². The maximum absolute atomic E-state index is 12.9. The minimum Gasteiger partial charge on any atom is -0.335 e. The van der Waals surface area contributed by atoms with Gasteiger partial charge in [-0.05, 0) is 19.1 Å². The number of likely N-dealkylation sites (tertiary alicyclic amines) is 1. The molecule has 124 valence electrons. The Balaban J connectivity index is 1.67. The second kappa shape index (κ2) is 4.83. The molecule has 2 aliphatic heterocycles. The molecule has 2 saturated heterocycles. The highest BCUT2D eigenvalue weighted by Gasteiger charge is 2.53. The molecule has 1 aromatic carbocycles. The number of aromatic amines is 1. The molecule has 0 bridgehead atoms. The van der Waals surface area contributed by atoms with Gasteiger partial charge in [0.1, 0.15) is 0 Å². The quantitative estimate of drug-likeness (QED) is 0.808. The smallest absolute Gasteiger partial charge is 0.317 e. The number of rotatable bonds is 1. The lowest BCUT2D eigenvalue weighted by molar-refractivity contribution is 0.00790. The zero-order chi connectivity index (χ0) is 17.1. The molecule has 2 aromatic rings. The molecule has 3 amide bonds. The molecule has 0 unspecified atom stereocenters. The monoisotopic (exact) mass is 326 g/mol. The van der Waals surface area contributed by atoms with E-state index in [1.807, 2.05) is 25.1 Å². The van der Waals surface area contributed by atoms with Crippen molar-refractivity contribution in [2.75, 3.05) is 26.7 Å². The Morgan fingerprint density at radius 2 is 1.96 bits per heavy atom. The molecule has 2 N–H and O–H groups in total. The minimum atomic E-state index is -0.320. The summed E-state index contributed by atoms with van der Waals surface area (Å²) in [7, 11) is 1.75. The first-order valence-electron chi connectivity index (χ1n) is 7.84. The molecule has 0 aliphatic carbocycles. The van der Waals surface area contributed by atoms with E-state index in [9.17, 15) is 14.4 Å². The molecule has 1 aromatic heterocycles. The van der Waals surface area contributed by atoms with Crippen LogP contribution >= 0.6 is 0 Å². The Labute approximate surface area is 138 Å². The average molecular weight is 326 g/mol. The van der Waals surface area contributed by atoms with Crippen molar-refractivity contribution < 1.29 is 9.59 Å². The second-order valence-electron chi connectivity index (χ2n) is 6.70. The fourth-order valence-corrected chi connectivity index (χ4v) is 3.54. The Hall–Kier alpha value is -2.83. The molecule has 2 fully saturated rings. The van der Waals surface area contributed by atoms with E-state index in [-0.39, 0.29) is 23.0 Å². The SMILES string of the molecule is Cc1ccc2[nH]c(=O)cc(C(=O)N3CC4(CNC(=O)N4C)C3)c2c1. The normalized spacial score (nSPS) is 18.8. The maximum Gasteiger partial charge on any atom is 0.317 e. The number of aryl methyl sites for hydroxylation is 1. The van der Waals surface area contributed by atoms with Gasteiger partial charge in [0.05, 0.1) is 11.1 Å². The lowest BCUT2D eigenvalue weighted by Crippen LogP contribution is -2.70. The van der Waals surface area contributed by atoms with Crippen molar-refractivity contribution in [3.63, 3.8) is 0 Å². The highest BCUT2D eigenvalue weighted by molar-refractivity contribution is 6.06. The van der Waals surface area contributed by atoms with Crippen LogP contribution < -0.4 is 10.9 Å². The van der Waals surface area contributed by atoms with Crippen LogP contribution in [0.3, 0.4) is 0 Å². The van der Waals surface area contributed by atoms with Gasteiger partial charge < -0.3 is 20.1 Å². The number of aromatic nitrogens is 1. The fraction of sp³-hybridized carbons (Fsp3) is 0.353.